The third-order valence-electron chi connectivity index (χ3n) is 3.60. The second-order valence-electron chi connectivity index (χ2n) is 5.36. The Labute approximate surface area is 146 Å². The van der Waals surface area contributed by atoms with E-state index in [-0.39, 0.29) is 24.8 Å². The summed E-state index contributed by atoms with van der Waals surface area (Å²) in [5, 5.41) is 11.8. The van der Waals surface area contributed by atoms with E-state index in [1.54, 1.807) is 55.6 Å². The standard InChI is InChI=1S/C19H19N3O3/c1-14(23)22(17-5-3-4-15(12-17)13-20)11-10-19(24)21-16-6-8-18(25-2)9-7-16/h3-9,12H,10-11H2,1-2H3,(H,21,24). The van der Waals surface area contributed by atoms with E-state index in [4.69, 9.17) is 10.00 Å². The average Bonchev–Trinajstić information content (AvgIpc) is 2.62. The Morgan fingerprint density at radius 1 is 1.20 bits per heavy atom. The molecule has 0 aromatic heterocycles. The summed E-state index contributed by atoms with van der Waals surface area (Å²) in [6, 6.07) is 15.8. The van der Waals surface area contributed by atoms with E-state index >= 15 is 0 Å². The predicted molar refractivity (Wildman–Crippen MR) is 95.4 cm³/mol. The van der Waals surface area contributed by atoms with Crippen molar-refractivity contribution in [3.63, 3.8) is 0 Å². The quantitative estimate of drug-likeness (QED) is 0.878. The number of carbonyl (C=O) groups excluding carboxylic acids is 2. The lowest BCUT2D eigenvalue weighted by molar-refractivity contribution is -0.117. The lowest BCUT2D eigenvalue weighted by atomic mass is 10.2. The number of nitriles is 1. The third-order valence-corrected chi connectivity index (χ3v) is 3.60. The van der Waals surface area contributed by atoms with E-state index in [0.717, 1.165) is 0 Å². The molecule has 0 fully saturated rings. The van der Waals surface area contributed by atoms with E-state index in [9.17, 15) is 9.59 Å². The molecular weight excluding hydrogens is 318 g/mol. The van der Waals surface area contributed by atoms with Gasteiger partial charge in [-0.15, -0.1) is 0 Å². The largest absolute Gasteiger partial charge is 0.497 e. The van der Waals surface area contributed by atoms with Gasteiger partial charge in [-0.2, -0.15) is 5.26 Å². The van der Waals surface area contributed by atoms with Crippen LogP contribution in [0.25, 0.3) is 0 Å². The number of amides is 2. The molecule has 0 radical (unpaired) electrons. The monoisotopic (exact) mass is 337 g/mol. The number of hydrogen-bond acceptors (Lipinski definition) is 4. The molecule has 128 valence electrons. The SMILES string of the molecule is COc1ccc(NC(=O)CCN(C(C)=O)c2cccc(C#N)c2)cc1. The Morgan fingerprint density at radius 3 is 2.52 bits per heavy atom. The maximum absolute atomic E-state index is 12.1. The highest BCUT2D eigenvalue weighted by atomic mass is 16.5. The third kappa shape index (κ3) is 5.08. The van der Waals surface area contributed by atoms with Crippen LogP contribution >= 0.6 is 0 Å². The average molecular weight is 337 g/mol. The maximum atomic E-state index is 12.1. The minimum Gasteiger partial charge on any atom is -0.497 e. The highest BCUT2D eigenvalue weighted by molar-refractivity contribution is 5.94. The first kappa shape index (κ1) is 18.0. The van der Waals surface area contributed by atoms with Crippen LogP contribution in [0.1, 0.15) is 18.9 Å². The topological polar surface area (TPSA) is 82.4 Å². The van der Waals surface area contributed by atoms with Gasteiger partial charge in [0.05, 0.1) is 18.7 Å². The Bertz CT molecular complexity index is 794. The number of methoxy groups -OCH3 is 1. The second kappa shape index (κ2) is 8.50. The lowest BCUT2D eigenvalue weighted by Crippen LogP contribution is -2.32. The van der Waals surface area contributed by atoms with Gasteiger partial charge in [0.25, 0.3) is 0 Å². The van der Waals surface area contributed by atoms with Crippen molar-refractivity contribution in [1.29, 1.82) is 5.26 Å². The van der Waals surface area contributed by atoms with Crippen molar-refractivity contribution in [2.45, 2.75) is 13.3 Å². The summed E-state index contributed by atoms with van der Waals surface area (Å²) >= 11 is 0. The van der Waals surface area contributed by atoms with Crippen LogP contribution in [-0.4, -0.2) is 25.5 Å². The van der Waals surface area contributed by atoms with Gasteiger partial charge in [-0.05, 0) is 42.5 Å². The molecule has 2 aromatic rings. The van der Waals surface area contributed by atoms with Crippen molar-refractivity contribution in [2.75, 3.05) is 23.9 Å². The Balaban J connectivity index is 1.99. The molecule has 25 heavy (non-hydrogen) atoms. The number of anilines is 2. The van der Waals surface area contributed by atoms with Gasteiger partial charge in [-0.3, -0.25) is 9.59 Å². The number of hydrogen-bond donors (Lipinski definition) is 1. The number of rotatable bonds is 6. The van der Waals surface area contributed by atoms with Crippen LogP contribution in [0, 0.1) is 11.3 Å². The van der Waals surface area contributed by atoms with Crippen LogP contribution in [0.2, 0.25) is 0 Å². The Hall–Kier alpha value is -3.33. The fraction of sp³-hybridized carbons (Fsp3) is 0.211. The molecule has 6 nitrogen and oxygen atoms in total. The van der Waals surface area contributed by atoms with Crippen LogP contribution < -0.4 is 15.0 Å². The molecule has 0 spiro atoms. The first-order chi connectivity index (χ1) is 12.0. The van der Waals surface area contributed by atoms with Crippen molar-refractivity contribution in [3.05, 3.63) is 54.1 Å². The van der Waals surface area contributed by atoms with Crippen molar-refractivity contribution >= 4 is 23.2 Å². The molecular formula is C19H19N3O3. The van der Waals surface area contributed by atoms with Gasteiger partial charge in [0, 0.05) is 31.3 Å². The summed E-state index contributed by atoms with van der Waals surface area (Å²) < 4.78 is 5.07. The first-order valence-corrected chi connectivity index (χ1v) is 7.75. The minimum absolute atomic E-state index is 0.141. The number of benzene rings is 2. The second-order valence-corrected chi connectivity index (χ2v) is 5.36. The van der Waals surface area contributed by atoms with Gasteiger partial charge >= 0.3 is 0 Å². The molecule has 1 N–H and O–H groups in total. The van der Waals surface area contributed by atoms with Gasteiger partial charge in [0.1, 0.15) is 5.75 Å². The van der Waals surface area contributed by atoms with E-state index < -0.39 is 0 Å². The van der Waals surface area contributed by atoms with Crippen LogP contribution in [0.4, 0.5) is 11.4 Å². The molecule has 2 aromatic carbocycles. The van der Waals surface area contributed by atoms with Gasteiger partial charge in [0.15, 0.2) is 0 Å². The van der Waals surface area contributed by atoms with Crippen molar-refractivity contribution in [1.82, 2.24) is 0 Å². The molecule has 2 rings (SSSR count). The summed E-state index contributed by atoms with van der Waals surface area (Å²) in [5.74, 6) is 0.318. The Kier molecular flexibility index (Phi) is 6.13. The number of ether oxygens (including phenoxy) is 1. The molecule has 2 amide bonds. The van der Waals surface area contributed by atoms with Crippen molar-refractivity contribution < 1.29 is 14.3 Å². The summed E-state index contributed by atoms with van der Waals surface area (Å²) in [5.41, 5.74) is 1.72. The fourth-order valence-corrected chi connectivity index (χ4v) is 2.32. The summed E-state index contributed by atoms with van der Waals surface area (Å²) in [6.07, 6.45) is 0.141. The highest BCUT2D eigenvalue weighted by Crippen LogP contribution is 2.18. The lowest BCUT2D eigenvalue weighted by Gasteiger charge is -2.21. The molecule has 0 bridgehead atoms. The highest BCUT2D eigenvalue weighted by Gasteiger charge is 2.14. The predicted octanol–water partition coefficient (Wildman–Crippen LogP) is 2.95. The summed E-state index contributed by atoms with van der Waals surface area (Å²) in [6.45, 7) is 1.66. The zero-order valence-electron chi connectivity index (χ0n) is 14.2. The van der Waals surface area contributed by atoms with Gasteiger partial charge in [-0.1, -0.05) is 6.07 Å². The van der Waals surface area contributed by atoms with E-state index in [2.05, 4.69) is 5.32 Å². The number of carbonyl (C=O) groups is 2. The van der Waals surface area contributed by atoms with Gasteiger partial charge in [-0.25, -0.2) is 0 Å². The molecule has 6 heteroatoms. The zero-order chi connectivity index (χ0) is 18.2. The molecule has 0 aliphatic heterocycles. The Morgan fingerprint density at radius 2 is 1.92 bits per heavy atom. The van der Waals surface area contributed by atoms with Crippen molar-refractivity contribution in [2.24, 2.45) is 0 Å². The van der Waals surface area contributed by atoms with Crippen molar-refractivity contribution in [3.8, 4) is 11.8 Å². The summed E-state index contributed by atoms with van der Waals surface area (Å²) in [7, 11) is 1.57. The molecule has 0 unspecified atom stereocenters. The number of nitrogens with one attached hydrogen (secondary N) is 1. The normalized spacial score (nSPS) is 9.80. The molecule has 0 atom stereocenters. The van der Waals surface area contributed by atoms with Crippen LogP contribution in [0.3, 0.4) is 0 Å². The molecule has 0 heterocycles. The fourth-order valence-electron chi connectivity index (χ4n) is 2.32. The van der Waals surface area contributed by atoms with Gasteiger partial charge in [0.2, 0.25) is 11.8 Å². The maximum Gasteiger partial charge on any atom is 0.226 e. The molecule has 0 aliphatic carbocycles. The minimum atomic E-state index is -0.201. The first-order valence-electron chi connectivity index (χ1n) is 7.75. The molecule has 0 saturated heterocycles. The molecule has 0 aliphatic rings. The van der Waals surface area contributed by atoms with Gasteiger partial charge < -0.3 is 15.0 Å². The van der Waals surface area contributed by atoms with E-state index in [1.807, 2.05) is 6.07 Å². The smallest absolute Gasteiger partial charge is 0.226 e. The molecule has 0 saturated carbocycles. The van der Waals surface area contributed by atoms with Crippen LogP contribution in [-0.2, 0) is 9.59 Å². The van der Waals surface area contributed by atoms with Crippen LogP contribution in [0.5, 0.6) is 5.75 Å². The summed E-state index contributed by atoms with van der Waals surface area (Å²) in [4.78, 5) is 25.5. The zero-order valence-corrected chi connectivity index (χ0v) is 14.2. The van der Waals surface area contributed by atoms with E-state index in [1.165, 1.54) is 11.8 Å². The van der Waals surface area contributed by atoms with E-state index in [0.29, 0.717) is 22.7 Å². The number of nitrogens with zero attached hydrogens (tertiary/aromatic N) is 2. The van der Waals surface area contributed by atoms with Crippen LogP contribution in [0.15, 0.2) is 48.5 Å².